The van der Waals surface area contributed by atoms with Gasteiger partial charge >= 0.3 is 5.97 Å². The molecule has 7 nitrogen and oxygen atoms in total. The standard InChI is InChI=1S/C15H14F2N4O3/c16-9-3-1-4-10(17)8(9)7-12(22)21-6-2-5-11(21)13-14(15(23)24)19-20-18-13/h1,3-4,11H,2,5-7H2,(H,23,24)(H,18,19,20). The monoisotopic (exact) mass is 336 g/mol. The van der Waals surface area contributed by atoms with E-state index in [9.17, 15) is 18.4 Å². The fraction of sp³-hybridized carbons (Fsp3) is 0.333. The highest BCUT2D eigenvalue weighted by molar-refractivity contribution is 5.87. The number of nitrogens with one attached hydrogen (secondary N) is 1. The summed E-state index contributed by atoms with van der Waals surface area (Å²) in [5.74, 6) is -3.31. The van der Waals surface area contributed by atoms with Crippen molar-refractivity contribution in [3.8, 4) is 0 Å². The number of aromatic nitrogens is 3. The van der Waals surface area contributed by atoms with E-state index in [1.807, 2.05) is 0 Å². The lowest BCUT2D eigenvalue weighted by atomic mass is 10.1. The molecule has 0 aliphatic carbocycles. The Labute approximate surface area is 135 Å². The van der Waals surface area contributed by atoms with Crippen LogP contribution in [0.1, 0.15) is 40.6 Å². The van der Waals surface area contributed by atoms with Gasteiger partial charge in [-0.05, 0) is 25.0 Å². The molecule has 1 atom stereocenters. The Kier molecular flexibility index (Phi) is 4.24. The zero-order valence-electron chi connectivity index (χ0n) is 12.5. The smallest absolute Gasteiger partial charge is 0.358 e. The fourth-order valence-corrected chi connectivity index (χ4v) is 2.93. The van der Waals surface area contributed by atoms with Gasteiger partial charge in [-0.2, -0.15) is 10.3 Å². The molecule has 0 saturated carbocycles. The molecule has 24 heavy (non-hydrogen) atoms. The van der Waals surface area contributed by atoms with Crippen LogP contribution in [0, 0.1) is 11.6 Å². The summed E-state index contributed by atoms with van der Waals surface area (Å²) < 4.78 is 27.4. The number of hydrogen-bond donors (Lipinski definition) is 2. The minimum atomic E-state index is -1.25. The average Bonchev–Trinajstić information content (AvgIpc) is 3.18. The largest absolute Gasteiger partial charge is 0.476 e. The number of amides is 1. The third kappa shape index (κ3) is 2.84. The van der Waals surface area contributed by atoms with E-state index in [2.05, 4.69) is 15.4 Å². The molecule has 1 aliphatic rings. The van der Waals surface area contributed by atoms with Crippen molar-refractivity contribution in [3.05, 3.63) is 46.8 Å². The summed E-state index contributed by atoms with van der Waals surface area (Å²) in [5.41, 5.74) is -0.397. The van der Waals surface area contributed by atoms with E-state index in [0.717, 1.165) is 12.1 Å². The van der Waals surface area contributed by atoms with Gasteiger partial charge in [-0.1, -0.05) is 6.07 Å². The van der Waals surface area contributed by atoms with Gasteiger partial charge in [0.05, 0.1) is 12.5 Å². The minimum Gasteiger partial charge on any atom is -0.476 e. The van der Waals surface area contributed by atoms with E-state index in [1.54, 1.807) is 0 Å². The first-order valence-corrected chi connectivity index (χ1v) is 7.35. The zero-order chi connectivity index (χ0) is 17.3. The number of rotatable bonds is 4. The second kappa shape index (κ2) is 6.34. The Bertz CT molecular complexity index is 773. The predicted octanol–water partition coefficient (Wildman–Crippen LogP) is 1.69. The number of nitrogens with zero attached hydrogens (tertiary/aromatic N) is 3. The van der Waals surface area contributed by atoms with Gasteiger partial charge in [-0.25, -0.2) is 13.6 Å². The number of likely N-dealkylation sites (tertiary alicyclic amines) is 1. The number of halogens is 2. The van der Waals surface area contributed by atoms with Crippen molar-refractivity contribution in [1.82, 2.24) is 20.3 Å². The zero-order valence-corrected chi connectivity index (χ0v) is 12.5. The third-order valence-corrected chi connectivity index (χ3v) is 4.06. The van der Waals surface area contributed by atoms with Gasteiger partial charge in [0.1, 0.15) is 17.3 Å². The topological polar surface area (TPSA) is 99.2 Å². The molecule has 2 heterocycles. The van der Waals surface area contributed by atoms with Crippen molar-refractivity contribution < 1.29 is 23.5 Å². The van der Waals surface area contributed by atoms with Crippen molar-refractivity contribution >= 4 is 11.9 Å². The van der Waals surface area contributed by atoms with Crippen molar-refractivity contribution in [3.63, 3.8) is 0 Å². The second-order valence-electron chi connectivity index (χ2n) is 5.48. The van der Waals surface area contributed by atoms with Crippen LogP contribution in [0.2, 0.25) is 0 Å². The number of carbonyl (C=O) groups is 2. The average molecular weight is 336 g/mol. The van der Waals surface area contributed by atoms with Gasteiger partial charge in [-0.15, -0.1) is 5.10 Å². The van der Waals surface area contributed by atoms with Crippen LogP contribution in [0.15, 0.2) is 18.2 Å². The van der Waals surface area contributed by atoms with Crippen molar-refractivity contribution in [2.24, 2.45) is 0 Å². The Morgan fingerprint density at radius 1 is 1.29 bits per heavy atom. The molecule has 3 rings (SSSR count). The number of carboxylic acid groups (broad SMARTS) is 1. The van der Waals surface area contributed by atoms with E-state index in [4.69, 9.17) is 5.11 Å². The Morgan fingerprint density at radius 2 is 2.00 bits per heavy atom. The van der Waals surface area contributed by atoms with E-state index >= 15 is 0 Å². The first kappa shape index (κ1) is 16.0. The summed E-state index contributed by atoms with van der Waals surface area (Å²) in [6.07, 6.45) is 0.718. The second-order valence-corrected chi connectivity index (χ2v) is 5.48. The lowest BCUT2D eigenvalue weighted by Gasteiger charge is -2.23. The van der Waals surface area contributed by atoms with Gasteiger partial charge in [0.15, 0.2) is 5.69 Å². The van der Waals surface area contributed by atoms with Crippen LogP contribution in [0.4, 0.5) is 8.78 Å². The number of aromatic carboxylic acids is 1. The maximum Gasteiger partial charge on any atom is 0.358 e. The fourth-order valence-electron chi connectivity index (χ4n) is 2.93. The molecule has 9 heteroatoms. The highest BCUT2D eigenvalue weighted by atomic mass is 19.1. The van der Waals surface area contributed by atoms with Crippen LogP contribution in [0.25, 0.3) is 0 Å². The van der Waals surface area contributed by atoms with E-state index in [1.165, 1.54) is 11.0 Å². The molecule has 126 valence electrons. The molecule has 0 bridgehead atoms. The van der Waals surface area contributed by atoms with Gasteiger partial charge in [0.25, 0.3) is 0 Å². The molecule has 2 aromatic rings. The van der Waals surface area contributed by atoms with Crippen LogP contribution < -0.4 is 0 Å². The van der Waals surface area contributed by atoms with Crippen LogP contribution in [-0.4, -0.2) is 43.8 Å². The summed E-state index contributed by atoms with van der Waals surface area (Å²) in [6.45, 7) is 0.367. The van der Waals surface area contributed by atoms with Gasteiger partial charge in [0.2, 0.25) is 5.91 Å². The molecular formula is C15H14F2N4O3. The summed E-state index contributed by atoms with van der Waals surface area (Å²) in [5, 5.41) is 18.8. The lowest BCUT2D eigenvalue weighted by molar-refractivity contribution is -0.131. The van der Waals surface area contributed by atoms with Crippen LogP contribution in [0.5, 0.6) is 0 Å². The molecule has 1 saturated heterocycles. The van der Waals surface area contributed by atoms with Crippen molar-refractivity contribution in [1.29, 1.82) is 0 Å². The van der Waals surface area contributed by atoms with Crippen molar-refractivity contribution in [2.75, 3.05) is 6.54 Å². The maximum absolute atomic E-state index is 13.7. The molecule has 1 aliphatic heterocycles. The summed E-state index contributed by atoms with van der Waals surface area (Å²) >= 11 is 0. The Balaban J connectivity index is 1.84. The summed E-state index contributed by atoms with van der Waals surface area (Å²) in [4.78, 5) is 25.1. The molecule has 0 spiro atoms. The molecule has 2 N–H and O–H groups in total. The number of hydrogen-bond acceptors (Lipinski definition) is 4. The van der Waals surface area contributed by atoms with Gasteiger partial charge in [-0.3, -0.25) is 4.79 Å². The number of carboxylic acids is 1. The molecule has 1 fully saturated rings. The molecular weight excluding hydrogens is 322 g/mol. The molecule has 0 radical (unpaired) electrons. The highest BCUT2D eigenvalue weighted by Crippen LogP contribution is 2.32. The molecule has 1 aromatic heterocycles. The molecule has 1 aromatic carbocycles. The maximum atomic E-state index is 13.7. The minimum absolute atomic E-state index is 0.155. The first-order valence-electron chi connectivity index (χ1n) is 7.35. The first-order chi connectivity index (χ1) is 11.5. The van der Waals surface area contributed by atoms with Gasteiger partial charge < -0.3 is 10.0 Å². The van der Waals surface area contributed by atoms with E-state index in [0.29, 0.717) is 19.4 Å². The summed E-state index contributed by atoms with van der Waals surface area (Å²) in [6, 6.07) is 2.84. The highest BCUT2D eigenvalue weighted by Gasteiger charge is 2.35. The normalized spacial score (nSPS) is 17.2. The van der Waals surface area contributed by atoms with Crippen LogP contribution >= 0.6 is 0 Å². The van der Waals surface area contributed by atoms with Crippen LogP contribution in [0.3, 0.4) is 0 Å². The third-order valence-electron chi connectivity index (χ3n) is 4.06. The molecule has 1 amide bonds. The van der Waals surface area contributed by atoms with Gasteiger partial charge in [0, 0.05) is 12.1 Å². The lowest BCUT2D eigenvalue weighted by Crippen LogP contribution is -2.33. The number of carbonyl (C=O) groups excluding carboxylic acids is 1. The van der Waals surface area contributed by atoms with E-state index < -0.39 is 36.0 Å². The quantitative estimate of drug-likeness (QED) is 0.885. The number of aromatic amines is 1. The Hall–Kier alpha value is -2.84. The van der Waals surface area contributed by atoms with E-state index in [-0.39, 0.29) is 17.0 Å². The SMILES string of the molecule is O=C(O)c1n[nH]nc1C1CCCN1C(=O)Cc1c(F)cccc1F. The summed E-state index contributed by atoms with van der Waals surface area (Å²) in [7, 11) is 0. The number of H-pyrrole nitrogens is 1. The molecule has 1 unspecified atom stereocenters. The van der Waals surface area contributed by atoms with Crippen molar-refractivity contribution in [2.45, 2.75) is 25.3 Å². The van der Waals surface area contributed by atoms with Crippen LogP contribution in [-0.2, 0) is 11.2 Å². The Morgan fingerprint density at radius 3 is 2.67 bits per heavy atom. The number of benzene rings is 1. The predicted molar refractivity (Wildman–Crippen MR) is 77.1 cm³/mol.